The van der Waals surface area contributed by atoms with Gasteiger partial charge in [0.1, 0.15) is 0 Å². The highest BCUT2D eigenvalue weighted by molar-refractivity contribution is 5.96. The number of amides is 1. The molecule has 5 heteroatoms. The number of benzene rings is 1. The second kappa shape index (κ2) is 7.72. The number of Topliss-reactive ketones (excluding diaryl/α,β-unsaturated/α-hetero) is 1. The van der Waals surface area contributed by atoms with Gasteiger partial charge in [0.25, 0.3) is 0 Å². The number of carbonyl (C=O) groups excluding carboxylic acids is 2. The summed E-state index contributed by atoms with van der Waals surface area (Å²) in [7, 11) is 0. The summed E-state index contributed by atoms with van der Waals surface area (Å²) in [4.78, 5) is 35.2. The number of aryl methyl sites for hydroxylation is 1. The minimum absolute atomic E-state index is 0.145. The largest absolute Gasteiger partial charge is 0.481 e. The summed E-state index contributed by atoms with van der Waals surface area (Å²) in [5.41, 5.74) is 0.820. The molecule has 1 atom stereocenters. The maximum Gasteiger partial charge on any atom is 0.307 e. The molecule has 0 aromatic heterocycles. The van der Waals surface area contributed by atoms with E-state index >= 15 is 0 Å². The topological polar surface area (TPSA) is 83.5 Å². The molecule has 1 unspecified atom stereocenters. The highest BCUT2D eigenvalue weighted by Crippen LogP contribution is 2.18. The molecule has 0 radical (unpaired) electrons. The van der Waals surface area contributed by atoms with Crippen LogP contribution < -0.4 is 5.32 Å². The van der Waals surface area contributed by atoms with Gasteiger partial charge in [-0.15, -0.1) is 0 Å². The molecule has 0 aliphatic heterocycles. The van der Waals surface area contributed by atoms with E-state index in [0.29, 0.717) is 0 Å². The lowest BCUT2D eigenvalue weighted by Crippen LogP contribution is -2.50. The normalized spacial score (nSPS) is 12.3. The molecule has 1 rings (SSSR count). The highest BCUT2D eigenvalue weighted by Gasteiger charge is 2.32. The summed E-state index contributed by atoms with van der Waals surface area (Å²) in [6, 6.07) is 7.54. The van der Waals surface area contributed by atoms with E-state index in [4.69, 9.17) is 0 Å². The number of carbonyl (C=O) groups is 3. The average Bonchev–Trinajstić information content (AvgIpc) is 2.47. The zero-order valence-corrected chi connectivity index (χ0v) is 13.8. The number of ketones is 1. The van der Waals surface area contributed by atoms with E-state index < -0.39 is 23.3 Å². The molecule has 0 saturated carbocycles. The van der Waals surface area contributed by atoms with Crippen LogP contribution in [0.3, 0.4) is 0 Å². The standard InChI is InChI=1S/C18H23NO4/c1-5-16(21)19-18(3,4)15(20)11-14(17(22)23)10-13-8-6-12(2)7-9-13/h5-9,14H,1,10-11H2,2-4H3,(H,19,21)(H,22,23). The fourth-order valence-corrected chi connectivity index (χ4v) is 2.16. The van der Waals surface area contributed by atoms with E-state index in [1.54, 1.807) is 13.8 Å². The third kappa shape index (κ3) is 5.70. The maximum atomic E-state index is 12.4. The first-order valence-corrected chi connectivity index (χ1v) is 7.42. The first-order valence-electron chi connectivity index (χ1n) is 7.42. The lowest BCUT2D eigenvalue weighted by atomic mass is 9.87. The Morgan fingerprint density at radius 3 is 2.30 bits per heavy atom. The minimum atomic E-state index is -1.13. The van der Waals surface area contributed by atoms with Crippen molar-refractivity contribution in [1.82, 2.24) is 5.32 Å². The van der Waals surface area contributed by atoms with Crippen molar-refractivity contribution in [3.05, 3.63) is 48.0 Å². The fraction of sp³-hybridized carbons (Fsp3) is 0.389. The van der Waals surface area contributed by atoms with Crippen LogP contribution in [0.25, 0.3) is 0 Å². The second-order valence-corrected chi connectivity index (χ2v) is 6.17. The summed E-state index contributed by atoms with van der Waals surface area (Å²) >= 11 is 0. The van der Waals surface area contributed by atoms with Crippen LogP contribution in [0.4, 0.5) is 0 Å². The molecule has 0 aliphatic rings. The molecule has 0 spiro atoms. The van der Waals surface area contributed by atoms with Gasteiger partial charge in [0.2, 0.25) is 5.91 Å². The van der Waals surface area contributed by atoms with Gasteiger partial charge < -0.3 is 10.4 Å². The third-order valence-corrected chi connectivity index (χ3v) is 3.70. The number of carboxylic acid groups (broad SMARTS) is 1. The third-order valence-electron chi connectivity index (χ3n) is 3.70. The molecule has 23 heavy (non-hydrogen) atoms. The molecule has 124 valence electrons. The number of aliphatic carboxylic acids is 1. The van der Waals surface area contributed by atoms with E-state index in [1.165, 1.54) is 0 Å². The molecule has 2 N–H and O–H groups in total. The summed E-state index contributed by atoms with van der Waals surface area (Å²) in [5, 5.41) is 11.9. The monoisotopic (exact) mass is 317 g/mol. The molecular formula is C18H23NO4. The van der Waals surface area contributed by atoms with Gasteiger partial charge in [-0.1, -0.05) is 36.4 Å². The Labute approximate surface area is 136 Å². The molecule has 0 heterocycles. The van der Waals surface area contributed by atoms with Gasteiger partial charge in [-0.3, -0.25) is 14.4 Å². The number of hydrogen-bond donors (Lipinski definition) is 2. The summed E-state index contributed by atoms with van der Waals surface area (Å²) in [6.45, 7) is 8.40. The van der Waals surface area contributed by atoms with Gasteiger partial charge >= 0.3 is 5.97 Å². The lowest BCUT2D eigenvalue weighted by Gasteiger charge is -2.25. The zero-order chi connectivity index (χ0) is 17.6. The highest BCUT2D eigenvalue weighted by atomic mass is 16.4. The summed E-state index contributed by atoms with van der Waals surface area (Å²) in [5.74, 6) is -2.64. The van der Waals surface area contributed by atoms with Gasteiger partial charge in [0.15, 0.2) is 5.78 Å². The molecule has 5 nitrogen and oxygen atoms in total. The van der Waals surface area contributed by atoms with Crippen LogP contribution in [-0.4, -0.2) is 28.3 Å². The van der Waals surface area contributed by atoms with Crippen molar-refractivity contribution in [2.45, 2.75) is 39.2 Å². The minimum Gasteiger partial charge on any atom is -0.481 e. The number of hydrogen-bond acceptors (Lipinski definition) is 3. The van der Waals surface area contributed by atoms with Crippen LogP contribution in [-0.2, 0) is 20.8 Å². The first kappa shape index (κ1) is 18.6. The van der Waals surface area contributed by atoms with Gasteiger partial charge in [-0.2, -0.15) is 0 Å². The average molecular weight is 317 g/mol. The lowest BCUT2D eigenvalue weighted by molar-refractivity contribution is -0.144. The molecular weight excluding hydrogens is 294 g/mol. The SMILES string of the molecule is C=CC(=O)NC(C)(C)C(=O)CC(Cc1ccc(C)cc1)C(=O)O. The predicted octanol–water partition coefficient (Wildman–Crippen LogP) is 2.28. The molecule has 0 aliphatic carbocycles. The van der Waals surface area contributed by atoms with E-state index in [2.05, 4.69) is 11.9 Å². The van der Waals surface area contributed by atoms with E-state index in [-0.39, 0.29) is 18.6 Å². The number of rotatable bonds is 8. The second-order valence-electron chi connectivity index (χ2n) is 6.17. The van der Waals surface area contributed by atoms with Crippen molar-refractivity contribution in [2.24, 2.45) is 5.92 Å². The number of carboxylic acids is 1. The Kier molecular flexibility index (Phi) is 6.25. The quantitative estimate of drug-likeness (QED) is 0.721. The van der Waals surface area contributed by atoms with Crippen LogP contribution >= 0.6 is 0 Å². The number of nitrogens with one attached hydrogen (secondary N) is 1. The Morgan fingerprint density at radius 1 is 1.26 bits per heavy atom. The molecule has 0 bridgehead atoms. The van der Waals surface area contributed by atoms with Gasteiger partial charge in [-0.05, 0) is 38.8 Å². The van der Waals surface area contributed by atoms with E-state index in [9.17, 15) is 19.5 Å². The van der Waals surface area contributed by atoms with Crippen molar-refractivity contribution >= 4 is 17.7 Å². The van der Waals surface area contributed by atoms with Crippen molar-refractivity contribution in [3.8, 4) is 0 Å². The van der Waals surface area contributed by atoms with E-state index in [0.717, 1.165) is 17.2 Å². The molecule has 1 amide bonds. The molecule has 1 aromatic rings. The van der Waals surface area contributed by atoms with Crippen LogP contribution in [0.2, 0.25) is 0 Å². The fourth-order valence-electron chi connectivity index (χ4n) is 2.16. The van der Waals surface area contributed by atoms with Gasteiger partial charge in [0.05, 0.1) is 11.5 Å². The Balaban J connectivity index is 2.80. The Morgan fingerprint density at radius 2 is 1.83 bits per heavy atom. The van der Waals surface area contributed by atoms with Crippen LogP contribution in [0.5, 0.6) is 0 Å². The summed E-state index contributed by atoms with van der Waals surface area (Å²) < 4.78 is 0. The Hall–Kier alpha value is -2.43. The van der Waals surface area contributed by atoms with Crippen molar-refractivity contribution < 1.29 is 19.5 Å². The van der Waals surface area contributed by atoms with Crippen molar-refractivity contribution in [2.75, 3.05) is 0 Å². The van der Waals surface area contributed by atoms with Crippen molar-refractivity contribution in [1.29, 1.82) is 0 Å². The predicted molar refractivity (Wildman–Crippen MR) is 88.1 cm³/mol. The van der Waals surface area contributed by atoms with Gasteiger partial charge in [0, 0.05) is 6.42 Å². The van der Waals surface area contributed by atoms with Crippen LogP contribution in [0, 0.1) is 12.8 Å². The Bertz CT molecular complexity index is 602. The molecule has 0 fully saturated rings. The van der Waals surface area contributed by atoms with Crippen molar-refractivity contribution in [3.63, 3.8) is 0 Å². The van der Waals surface area contributed by atoms with Gasteiger partial charge in [-0.25, -0.2) is 0 Å². The molecule has 1 aromatic carbocycles. The van der Waals surface area contributed by atoms with Crippen LogP contribution in [0.15, 0.2) is 36.9 Å². The zero-order valence-electron chi connectivity index (χ0n) is 13.8. The van der Waals surface area contributed by atoms with E-state index in [1.807, 2.05) is 31.2 Å². The van der Waals surface area contributed by atoms with Crippen LogP contribution in [0.1, 0.15) is 31.4 Å². The molecule has 0 saturated heterocycles. The first-order chi connectivity index (χ1) is 10.7. The summed E-state index contributed by atoms with van der Waals surface area (Å²) in [6.07, 6.45) is 1.20. The maximum absolute atomic E-state index is 12.4. The smallest absolute Gasteiger partial charge is 0.307 e.